The number of carbonyl (C=O) groups is 4. The molecule has 2 N–H and O–H groups in total. The van der Waals surface area contributed by atoms with E-state index in [1.807, 2.05) is 29.6 Å². The van der Waals surface area contributed by atoms with Crippen LogP contribution in [0.25, 0.3) is 0 Å². The van der Waals surface area contributed by atoms with Crippen molar-refractivity contribution in [1.82, 2.24) is 10.2 Å². The maximum absolute atomic E-state index is 13.2. The number of carbonyl (C=O) groups excluding carboxylic acids is 4. The fraction of sp³-hybridized carbons (Fsp3) is 0.417. The molecule has 172 valence electrons. The molecule has 1 aliphatic heterocycles. The van der Waals surface area contributed by atoms with Crippen LogP contribution in [0.15, 0.2) is 29.6 Å². The Morgan fingerprint density at radius 2 is 2.00 bits per heavy atom. The van der Waals surface area contributed by atoms with E-state index in [-0.39, 0.29) is 12.5 Å². The SMILES string of the molecule is CCOC(=O)c1c(C2CC2)csc1NC(=O)CN1C(=O)NC2(CCc3ccccc3C2)C1=O. The molecule has 2 fully saturated rings. The number of hydrogen-bond donors (Lipinski definition) is 2. The van der Waals surface area contributed by atoms with Gasteiger partial charge in [0.1, 0.15) is 17.1 Å². The second-order valence-electron chi connectivity index (χ2n) is 8.79. The normalized spacial score (nSPS) is 21.7. The maximum Gasteiger partial charge on any atom is 0.341 e. The molecule has 33 heavy (non-hydrogen) atoms. The molecule has 1 atom stereocenters. The molecule has 4 amide bonds. The number of nitrogens with one attached hydrogen (secondary N) is 2. The minimum absolute atomic E-state index is 0.236. The van der Waals surface area contributed by atoms with Crippen LogP contribution in [-0.2, 0) is 27.2 Å². The minimum Gasteiger partial charge on any atom is -0.462 e. The van der Waals surface area contributed by atoms with Crippen LogP contribution in [0.3, 0.4) is 0 Å². The van der Waals surface area contributed by atoms with Crippen molar-refractivity contribution in [2.24, 2.45) is 0 Å². The predicted octanol–water partition coefficient (Wildman–Crippen LogP) is 3.22. The second kappa shape index (κ2) is 8.30. The molecule has 1 aromatic carbocycles. The van der Waals surface area contributed by atoms with Crippen LogP contribution in [0, 0.1) is 0 Å². The zero-order chi connectivity index (χ0) is 23.2. The first kappa shape index (κ1) is 21.6. The number of fused-ring (bicyclic) bond motifs is 1. The van der Waals surface area contributed by atoms with Gasteiger partial charge in [-0.3, -0.25) is 14.5 Å². The highest BCUT2D eigenvalue weighted by atomic mass is 32.1. The lowest BCUT2D eigenvalue weighted by Gasteiger charge is -2.32. The molecule has 9 heteroatoms. The first-order valence-corrected chi connectivity index (χ1v) is 12.1. The van der Waals surface area contributed by atoms with Crippen LogP contribution in [0.2, 0.25) is 0 Å². The largest absolute Gasteiger partial charge is 0.462 e. The van der Waals surface area contributed by atoms with Crippen molar-refractivity contribution in [2.75, 3.05) is 18.5 Å². The smallest absolute Gasteiger partial charge is 0.341 e. The third-order valence-corrected chi connectivity index (χ3v) is 7.46. The molecule has 2 aromatic rings. The molecule has 0 radical (unpaired) electrons. The summed E-state index contributed by atoms with van der Waals surface area (Å²) in [7, 11) is 0. The Morgan fingerprint density at radius 3 is 2.73 bits per heavy atom. The van der Waals surface area contributed by atoms with Gasteiger partial charge < -0.3 is 15.4 Å². The van der Waals surface area contributed by atoms with Gasteiger partial charge in [0.05, 0.1) is 12.2 Å². The fourth-order valence-corrected chi connectivity index (χ4v) is 5.77. The lowest BCUT2D eigenvalue weighted by molar-refractivity contribution is -0.134. The molecule has 1 spiro atoms. The van der Waals surface area contributed by atoms with E-state index in [0.717, 1.165) is 28.9 Å². The molecular weight excluding hydrogens is 442 g/mol. The third kappa shape index (κ3) is 3.90. The van der Waals surface area contributed by atoms with E-state index in [1.165, 1.54) is 16.9 Å². The summed E-state index contributed by atoms with van der Waals surface area (Å²) >= 11 is 1.26. The van der Waals surface area contributed by atoms with Crippen molar-refractivity contribution in [1.29, 1.82) is 0 Å². The number of ether oxygens (including phenoxy) is 1. The summed E-state index contributed by atoms with van der Waals surface area (Å²) in [6.45, 7) is 1.56. The molecule has 1 saturated carbocycles. The Morgan fingerprint density at radius 1 is 1.24 bits per heavy atom. The van der Waals surface area contributed by atoms with Gasteiger partial charge in [-0.2, -0.15) is 0 Å². The van der Waals surface area contributed by atoms with Crippen molar-refractivity contribution in [2.45, 2.75) is 50.5 Å². The number of nitrogens with zero attached hydrogens (tertiary/aromatic N) is 1. The summed E-state index contributed by atoms with van der Waals surface area (Å²) in [5, 5.41) is 7.85. The van der Waals surface area contributed by atoms with Crippen LogP contribution >= 0.6 is 11.3 Å². The van der Waals surface area contributed by atoms with E-state index in [4.69, 9.17) is 4.74 Å². The lowest BCUT2D eigenvalue weighted by atomic mass is 9.78. The Hall–Kier alpha value is -3.20. The van der Waals surface area contributed by atoms with Crippen molar-refractivity contribution in [3.63, 3.8) is 0 Å². The molecule has 1 aromatic heterocycles. The van der Waals surface area contributed by atoms with Crippen molar-refractivity contribution in [3.8, 4) is 0 Å². The Balaban J connectivity index is 1.31. The second-order valence-corrected chi connectivity index (χ2v) is 9.67. The molecule has 5 rings (SSSR count). The number of benzene rings is 1. The number of urea groups is 1. The molecule has 2 aliphatic carbocycles. The first-order chi connectivity index (χ1) is 15.9. The number of imide groups is 1. The van der Waals surface area contributed by atoms with Gasteiger partial charge in [-0.1, -0.05) is 24.3 Å². The average Bonchev–Trinajstić information content (AvgIpc) is 3.52. The standard InChI is InChI=1S/C24H25N3O5S/c1-2-32-21(29)19-17(15-7-8-15)13-33-20(19)25-18(28)12-27-22(30)24(26-23(27)31)10-9-14-5-3-4-6-16(14)11-24/h3-6,13,15H,2,7-12H2,1H3,(H,25,28)(H,26,31). The maximum atomic E-state index is 13.2. The van der Waals surface area contributed by atoms with Gasteiger partial charge in [0.25, 0.3) is 5.91 Å². The predicted molar refractivity (Wildman–Crippen MR) is 122 cm³/mol. The van der Waals surface area contributed by atoms with Gasteiger partial charge in [-0.05, 0) is 60.6 Å². The number of hydrogen-bond acceptors (Lipinski definition) is 6. The van der Waals surface area contributed by atoms with Crippen LogP contribution in [0.5, 0.6) is 0 Å². The monoisotopic (exact) mass is 467 g/mol. The summed E-state index contributed by atoms with van der Waals surface area (Å²) in [6.07, 6.45) is 3.60. The Labute approximate surface area is 195 Å². The highest BCUT2D eigenvalue weighted by Gasteiger charge is 2.52. The number of amides is 4. The molecule has 0 bridgehead atoms. The minimum atomic E-state index is -1.01. The van der Waals surface area contributed by atoms with E-state index < -0.39 is 30.0 Å². The van der Waals surface area contributed by atoms with Crippen LogP contribution in [0.4, 0.5) is 9.80 Å². The first-order valence-electron chi connectivity index (χ1n) is 11.2. The summed E-state index contributed by atoms with van der Waals surface area (Å²) in [4.78, 5) is 52.2. The van der Waals surface area contributed by atoms with E-state index >= 15 is 0 Å². The highest BCUT2D eigenvalue weighted by molar-refractivity contribution is 7.15. The summed E-state index contributed by atoms with van der Waals surface area (Å²) in [6, 6.07) is 7.32. The van der Waals surface area contributed by atoms with Crippen molar-refractivity contribution in [3.05, 3.63) is 51.9 Å². The number of anilines is 1. The number of aryl methyl sites for hydroxylation is 1. The summed E-state index contributed by atoms with van der Waals surface area (Å²) in [5.41, 5.74) is 2.48. The molecule has 8 nitrogen and oxygen atoms in total. The van der Waals surface area contributed by atoms with Crippen LogP contribution < -0.4 is 10.6 Å². The number of esters is 1. The van der Waals surface area contributed by atoms with Crippen molar-refractivity contribution < 1.29 is 23.9 Å². The van der Waals surface area contributed by atoms with E-state index in [0.29, 0.717) is 35.7 Å². The zero-order valence-electron chi connectivity index (χ0n) is 18.3. The van der Waals surface area contributed by atoms with E-state index in [2.05, 4.69) is 10.6 Å². The van der Waals surface area contributed by atoms with E-state index in [1.54, 1.807) is 6.92 Å². The topological polar surface area (TPSA) is 105 Å². The molecule has 1 saturated heterocycles. The van der Waals surface area contributed by atoms with Gasteiger partial charge >= 0.3 is 12.0 Å². The summed E-state index contributed by atoms with van der Waals surface area (Å²) in [5.74, 6) is -1.06. The van der Waals surface area contributed by atoms with Gasteiger partial charge in [0.2, 0.25) is 5.91 Å². The fourth-order valence-electron chi connectivity index (χ4n) is 4.73. The average molecular weight is 468 g/mol. The molecule has 2 heterocycles. The highest BCUT2D eigenvalue weighted by Crippen LogP contribution is 2.46. The van der Waals surface area contributed by atoms with Crippen molar-refractivity contribution >= 4 is 40.2 Å². The zero-order valence-corrected chi connectivity index (χ0v) is 19.1. The van der Waals surface area contributed by atoms with Crippen LogP contribution in [0.1, 0.15) is 59.2 Å². The van der Waals surface area contributed by atoms with Gasteiger partial charge in [0.15, 0.2) is 0 Å². The number of thiophene rings is 1. The molecule has 1 unspecified atom stereocenters. The number of rotatable bonds is 6. The molecule has 3 aliphatic rings. The van der Waals surface area contributed by atoms with Gasteiger partial charge in [-0.25, -0.2) is 9.59 Å². The van der Waals surface area contributed by atoms with Gasteiger partial charge in [-0.15, -0.1) is 11.3 Å². The molecular formula is C24H25N3O5S. The quantitative estimate of drug-likeness (QED) is 0.501. The Kier molecular flexibility index (Phi) is 5.44. The van der Waals surface area contributed by atoms with Gasteiger partial charge in [0, 0.05) is 6.42 Å². The lowest BCUT2D eigenvalue weighted by Crippen LogP contribution is -2.51. The van der Waals surface area contributed by atoms with Crippen LogP contribution in [-0.4, -0.2) is 47.4 Å². The third-order valence-electron chi connectivity index (χ3n) is 6.55. The Bertz CT molecular complexity index is 1150. The summed E-state index contributed by atoms with van der Waals surface area (Å²) < 4.78 is 5.19. The van der Waals surface area contributed by atoms with E-state index in [9.17, 15) is 19.2 Å².